The van der Waals surface area contributed by atoms with Gasteiger partial charge in [0.15, 0.2) is 11.5 Å². The van der Waals surface area contributed by atoms with Crippen LogP contribution >= 0.6 is 0 Å². The highest BCUT2D eigenvalue weighted by Gasteiger charge is 2.22. The zero-order chi connectivity index (χ0) is 17.7. The molecule has 0 spiro atoms. The molecule has 0 saturated carbocycles. The summed E-state index contributed by atoms with van der Waals surface area (Å²) in [5.74, 6) is 0.464. The van der Waals surface area contributed by atoms with Crippen LogP contribution in [0.1, 0.15) is 15.9 Å². The highest BCUT2D eigenvalue weighted by atomic mass is 16.6. The number of carbonyl (C=O) groups is 1. The number of hydrogen-bond donors (Lipinski definition) is 0. The number of para-hydroxylation sites is 2. The molecule has 2 rings (SSSR count). The van der Waals surface area contributed by atoms with Crippen LogP contribution < -0.4 is 9.47 Å². The minimum Gasteiger partial charge on any atom is -0.493 e. The second-order valence-corrected chi connectivity index (χ2v) is 5.09. The molecular formula is C17H18N2O5. The molecule has 0 heterocycles. The normalized spacial score (nSPS) is 10.1. The van der Waals surface area contributed by atoms with Gasteiger partial charge in [-0.15, -0.1) is 0 Å². The second-order valence-electron chi connectivity index (χ2n) is 5.09. The van der Waals surface area contributed by atoms with Crippen molar-refractivity contribution in [2.24, 2.45) is 0 Å². The van der Waals surface area contributed by atoms with E-state index in [0.717, 1.165) is 0 Å². The molecule has 0 fully saturated rings. The first-order valence-electron chi connectivity index (χ1n) is 7.18. The Morgan fingerprint density at radius 2 is 1.83 bits per heavy atom. The van der Waals surface area contributed by atoms with Crippen molar-refractivity contribution in [3.63, 3.8) is 0 Å². The molecule has 0 radical (unpaired) electrons. The molecule has 0 saturated heterocycles. The van der Waals surface area contributed by atoms with Gasteiger partial charge in [-0.2, -0.15) is 0 Å². The SMILES string of the molecule is COc1cccc(C(=O)N(C)Cc2ccccc2[N+](=O)[O-])c1OC. The minimum atomic E-state index is -0.459. The zero-order valence-electron chi connectivity index (χ0n) is 13.7. The third-order valence-electron chi connectivity index (χ3n) is 3.58. The first-order valence-corrected chi connectivity index (χ1v) is 7.18. The molecule has 126 valence electrons. The van der Waals surface area contributed by atoms with Gasteiger partial charge in [-0.3, -0.25) is 14.9 Å². The molecule has 24 heavy (non-hydrogen) atoms. The van der Waals surface area contributed by atoms with Crippen molar-refractivity contribution in [2.75, 3.05) is 21.3 Å². The third-order valence-corrected chi connectivity index (χ3v) is 3.58. The van der Waals surface area contributed by atoms with E-state index in [4.69, 9.17) is 9.47 Å². The number of amides is 1. The van der Waals surface area contributed by atoms with Crippen molar-refractivity contribution in [1.82, 2.24) is 4.90 Å². The topological polar surface area (TPSA) is 81.9 Å². The summed E-state index contributed by atoms with van der Waals surface area (Å²) >= 11 is 0. The van der Waals surface area contributed by atoms with Gasteiger partial charge in [0.1, 0.15) is 0 Å². The van der Waals surface area contributed by atoms with Crippen LogP contribution in [-0.4, -0.2) is 37.0 Å². The van der Waals surface area contributed by atoms with Gasteiger partial charge >= 0.3 is 0 Å². The lowest BCUT2D eigenvalue weighted by Crippen LogP contribution is -2.27. The summed E-state index contributed by atoms with van der Waals surface area (Å²) < 4.78 is 10.5. The summed E-state index contributed by atoms with van der Waals surface area (Å²) in [6, 6.07) is 11.3. The van der Waals surface area contributed by atoms with Gasteiger partial charge in [0.2, 0.25) is 0 Å². The van der Waals surface area contributed by atoms with E-state index in [0.29, 0.717) is 22.6 Å². The van der Waals surface area contributed by atoms with Crippen LogP contribution in [0.4, 0.5) is 5.69 Å². The van der Waals surface area contributed by atoms with Crippen LogP contribution in [0.25, 0.3) is 0 Å². The predicted molar refractivity (Wildman–Crippen MR) is 88.4 cm³/mol. The Morgan fingerprint density at radius 1 is 1.12 bits per heavy atom. The van der Waals surface area contributed by atoms with Gasteiger partial charge in [-0.1, -0.05) is 24.3 Å². The fourth-order valence-corrected chi connectivity index (χ4v) is 2.41. The molecular weight excluding hydrogens is 312 g/mol. The van der Waals surface area contributed by atoms with Gasteiger partial charge in [0.05, 0.1) is 31.3 Å². The molecule has 0 aromatic heterocycles. The minimum absolute atomic E-state index is 0.0187. The molecule has 0 aliphatic heterocycles. The number of benzene rings is 2. The Bertz CT molecular complexity index is 760. The summed E-state index contributed by atoms with van der Waals surface area (Å²) in [5, 5.41) is 11.1. The van der Waals surface area contributed by atoms with Crippen LogP contribution in [0, 0.1) is 10.1 Å². The Hall–Kier alpha value is -3.09. The van der Waals surface area contributed by atoms with E-state index in [1.165, 1.54) is 25.2 Å². The fraction of sp³-hybridized carbons (Fsp3) is 0.235. The number of ether oxygens (including phenoxy) is 2. The van der Waals surface area contributed by atoms with Crippen molar-refractivity contribution in [3.05, 3.63) is 63.7 Å². The number of hydrogen-bond acceptors (Lipinski definition) is 5. The second kappa shape index (κ2) is 7.45. The van der Waals surface area contributed by atoms with Crippen LogP contribution in [0.5, 0.6) is 11.5 Å². The lowest BCUT2D eigenvalue weighted by molar-refractivity contribution is -0.385. The molecule has 2 aromatic rings. The molecule has 0 atom stereocenters. The standard InChI is InChI=1S/C17H18N2O5/c1-18(11-12-7-4-5-9-14(12)19(21)22)17(20)13-8-6-10-15(23-2)16(13)24-3/h4-10H,11H2,1-3H3. The van der Waals surface area contributed by atoms with Crippen LogP contribution in [0.15, 0.2) is 42.5 Å². The number of rotatable bonds is 6. The summed E-state index contributed by atoms with van der Waals surface area (Å²) in [6.07, 6.45) is 0. The number of nitro benzene ring substituents is 1. The Kier molecular flexibility index (Phi) is 5.36. The fourth-order valence-electron chi connectivity index (χ4n) is 2.41. The largest absolute Gasteiger partial charge is 0.493 e. The number of nitrogens with zero attached hydrogens (tertiary/aromatic N) is 2. The van der Waals surface area contributed by atoms with Gasteiger partial charge in [0, 0.05) is 18.7 Å². The quantitative estimate of drug-likeness (QED) is 0.601. The average molecular weight is 330 g/mol. The maximum absolute atomic E-state index is 12.7. The first kappa shape index (κ1) is 17.3. The third kappa shape index (κ3) is 3.45. The molecule has 0 N–H and O–H groups in total. The highest BCUT2D eigenvalue weighted by molar-refractivity contribution is 5.97. The monoisotopic (exact) mass is 330 g/mol. The van der Waals surface area contributed by atoms with Gasteiger partial charge in [0.25, 0.3) is 11.6 Å². The van der Waals surface area contributed by atoms with E-state index < -0.39 is 4.92 Å². The maximum Gasteiger partial charge on any atom is 0.274 e. The van der Waals surface area contributed by atoms with Crippen LogP contribution in [0.3, 0.4) is 0 Å². The number of nitro groups is 1. The summed E-state index contributed by atoms with van der Waals surface area (Å²) in [4.78, 5) is 24.7. The van der Waals surface area contributed by atoms with E-state index >= 15 is 0 Å². The molecule has 0 aliphatic rings. The summed E-state index contributed by atoms with van der Waals surface area (Å²) in [5.41, 5.74) is 0.771. The lowest BCUT2D eigenvalue weighted by Gasteiger charge is -2.19. The molecule has 0 bridgehead atoms. The maximum atomic E-state index is 12.7. The Labute approximate surface area is 139 Å². The first-order chi connectivity index (χ1) is 11.5. The van der Waals surface area contributed by atoms with E-state index in [1.807, 2.05) is 0 Å². The van der Waals surface area contributed by atoms with Crippen molar-refractivity contribution < 1.29 is 19.2 Å². The Morgan fingerprint density at radius 3 is 2.46 bits per heavy atom. The van der Waals surface area contributed by atoms with Crippen molar-refractivity contribution >= 4 is 11.6 Å². The zero-order valence-corrected chi connectivity index (χ0v) is 13.7. The number of carbonyl (C=O) groups excluding carboxylic acids is 1. The average Bonchev–Trinajstić information content (AvgIpc) is 2.60. The van der Waals surface area contributed by atoms with E-state index in [-0.39, 0.29) is 18.1 Å². The van der Waals surface area contributed by atoms with Gasteiger partial charge < -0.3 is 14.4 Å². The summed E-state index contributed by atoms with van der Waals surface area (Å²) in [7, 11) is 4.53. The van der Waals surface area contributed by atoms with E-state index in [1.54, 1.807) is 43.4 Å². The van der Waals surface area contributed by atoms with Gasteiger partial charge in [-0.05, 0) is 12.1 Å². The van der Waals surface area contributed by atoms with Gasteiger partial charge in [-0.25, -0.2) is 0 Å². The molecule has 1 amide bonds. The van der Waals surface area contributed by atoms with E-state index in [9.17, 15) is 14.9 Å². The summed E-state index contributed by atoms with van der Waals surface area (Å²) in [6.45, 7) is 0.107. The predicted octanol–water partition coefficient (Wildman–Crippen LogP) is 2.88. The highest BCUT2D eigenvalue weighted by Crippen LogP contribution is 2.31. The van der Waals surface area contributed by atoms with Crippen molar-refractivity contribution in [2.45, 2.75) is 6.54 Å². The lowest BCUT2D eigenvalue weighted by atomic mass is 10.1. The molecule has 0 aliphatic carbocycles. The molecule has 2 aromatic carbocycles. The van der Waals surface area contributed by atoms with Crippen LogP contribution in [-0.2, 0) is 6.54 Å². The van der Waals surface area contributed by atoms with Crippen LogP contribution in [0.2, 0.25) is 0 Å². The van der Waals surface area contributed by atoms with E-state index in [2.05, 4.69) is 0 Å². The molecule has 0 unspecified atom stereocenters. The van der Waals surface area contributed by atoms with Crippen molar-refractivity contribution in [3.8, 4) is 11.5 Å². The Balaban J connectivity index is 2.30. The number of methoxy groups -OCH3 is 2. The van der Waals surface area contributed by atoms with Crippen molar-refractivity contribution in [1.29, 1.82) is 0 Å². The molecule has 7 nitrogen and oxygen atoms in total. The smallest absolute Gasteiger partial charge is 0.274 e. The molecule has 7 heteroatoms.